The van der Waals surface area contributed by atoms with Crippen molar-refractivity contribution in [1.29, 1.82) is 0 Å². The van der Waals surface area contributed by atoms with Crippen LogP contribution in [0.25, 0.3) is 0 Å². The van der Waals surface area contributed by atoms with E-state index in [9.17, 15) is 22.0 Å². The highest BCUT2D eigenvalue weighted by Gasteiger charge is 2.20. The molecular weight excluding hydrogens is 418 g/mol. The Morgan fingerprint density at radius 2 is 1.90 bits per heavy atom. The summed E-state index contributed by atoms with van der Waals surface area (Å²) < 4.78 is 54.4. The van der Waals surface area contributed by atoms with Gasteiger partial charge in [0.2, 0.25) is 10.0 Å². The summed E-state index contributed by atoms with van der Waals surface area (Å²) in [7, 11) is -3.79. The predicted molar refractivity (Wildman–Crippen MR) is 110 cm³/mol. The largest absolute Gasteiger partial charge is 0.367 e. The van der Waals surface area contributed by atoms with Crippen molar-refractivity contribution < 1.29 is 22.0 Å². The molecule has 1 aliphatic carbocycles. The van der Waals surface area contributed by atoms with E-state index < -0.39 is 39.1 Å². The van der Waals surface area contributed by atoms with Gasteiger partial charge in [-0.15, -0.1) is 0 Å². The zero-order valence-corrected chi connectivity index (χ0v) is 17.0. The van der Waals surface area contributed by atoms with Crippen LogP contribution in [0, 0.1) is 11.6 Å². The average molecular weight is 440 g/mol. The summed E-state index contributed by atoms with van der Waals surface area (Å²) >= 11 is 0. The van der Waals surface area contributed by atoms with Crippen molar-refractivity contribution >= 4 is 39.1 Å². The topological polar surface area (TPSA) is 125 Å². The molecule has 2 amide bonds. The van der Waals surface area contributed by atoms with Crippen molar-refractivity contribution in [3.63, 3.8) is 0 Å². The Morgan fingerprint density at radius 1 is 1.17 bits per heavy atom. The van der Waals surface area contributed by atoms with Crippen LogP contribution >= 0.6 is 0 Å². The maximum absolute atomic E-state index is 14.6. The summed E-state index contributed by atoms with van der Waals surface area (Å²) in [5.74, 6) is -1.87. The number of aromatic nitrogens is 2. The number of rotatable bonds is 8. The number of nitrogens with one attached hydrogen (secondary N) is 4. The maximum atomic E-state index is 14.6. The Balaban J connectivity index is 1.70. The van der Waals surface area contributed by atoms with Gasteiger partial charge in [-0.25, -0.2) is 32.0 Å². The first-order valence-electron chi connectivity index (χ1n) is 9.42. The van der Waals surface area contributed by atoms with Gasteiger partial charge in [-0.05, 0) is 37.8 Å². The minimum Gasteiger partial charge on any atom is -0.367 e. The zero-order valence-electron chi connectivity index (χ0n) is 16.2. The minimum absolute atomic E-state index is 0.130. The predicted octanol–water partition coefficient (Wildman–Crippen LogP) is 3.51. The van der Waals surface area contributed by atoms with Crippen LogP contribution in [0.1, 0.15) is 32.6 Å². The van der Waals surface area contributed by atoms with Gasteiger partial charge in [0.05, 0.1) is 11.4 Å². The number of amides is 2. The Morgan fingerprint density at radius 3 is 2.57 bits per heavy atom. The summed E-state index contributed by atoms with van der Waals surface area (Å²) in [6.07, 6.45) is 4.78. The first-order chi connectivity index (χ1) is 14.3. The van der Waals surface area contributed by atoms with E-state index in [-0.39, 0.29) is 11.6 Å². The zero-order chi connectivity index (χ0) is 21.7. The van der Waals surface area contributed by atoms with Crippen LogP contribution in [0.2, 0.25) is 0 Å². The van der Waals surface area contributed by atoms with E-state index in [0.29, 0.717) is 18.3 Å². The van der Waals surface area contributed by atoms with Crippen molar-refractivity contribution in [2.75, 3.05) is 26.4 Å². The molecule has 0 aliphatic heterocycles. The molecule has 1 aliphatic rings. The first kappa shape index (κ1) is 21.7. The molecule has 30 heavy (non-hydrogen) atoms. The molecule has 0 atom stereocenters. The number of carbonyl (C=O) groups excluding carboxylic acids is 1. The maximum Gasteiger partial charge on any atom is 0.325 e. The number of carbonyl (C=O) groups is 1. The minimum atomic E-state index is -3.79. The third-order valence-electron chi connectivity index (χ3n) is 4.43. The molecule has 1 aromatic carbocycles. The summed E-state index contributed by atoms with van der Waals surface area (Å²) in [5, 5.41) is 7.61. The molecule has 2 aromatic rings. The van der Waals surface area contributed by atoms with Gasteiger partial charge in [-0.2, -0.15) is 0 Å². The lowest BCUT2D eigenvalue weighted by Crippen LogP contribution is -2.27. The Bertz CT molecular complexity index is 1030. The van der Waals surface area contributed by atoms with Crippen LogP contribution in [0.3, 0.4) is 0 Å². The second kappa shape index (κ2) is 9.20. The summed E-state index contributed by atoms with van der Waals surface area (Å²) in [6, 6.07) is 2.68. The second-order valence-electron chi connectivity index (χ2n) is 6.84. The molecular formula is C18H22F2N6O3S. The smallest absolute Gasteiger partial charge is 0.325 e. The number of benzene rings is 1. The van der Waals surface area contributed by atoms with Crippen molar-refractivity contribution in [1.82, 2.24) is 9.97 Å². The third kappa shape index (κ3) is 5.53. The van der Waals surface area contributed by atoms with Crippen molar-refractivity contribution in [2.24, 2.45) is 0 Å². The normalized spacial score (nSPS) is 14.0. The molecule has 0 unspecified atom stereocenters. The molecule has 4 N–H and O–H groups in total. The van der Waals surface area contributed by atoms with Crippen molar-refractivity contribution in [3.05, 3.63) is 36.2 Å². The Hall–Kier alpha value is -3.02. The number of hydrogen-bond acceptors (Lipinski definition) is 6. The number of hydrogen-bond donors (Lipinski definition) is 4. The molecule has 3 rings (SSSR count). The van der Waals surface area contributed by atoms with E-state index in [1.165, 1.54) is 12.4 Å². The fraction of sp³-hybridized carbons (Fsp3) is 0.389. The number of sulfonamides is 1. The highest BCUT2D eigenvalue weighted by Crippen LogP contribution is 2.27. The molecule has 0 bridgehead atoms. The highest BCUT2D eigenvalue weighted by molar-refractivity contribution is 7.92. The van der Waals surface area contributed by atoms with Gasteiger partial charge < -0.3 is 10.6 Å². The lowest BCUT2D eigenvalue weighted by atomic mass is 9.93. The van der Waals surface area contributed by atoms with Crippen molar-refractivity contribution in [2.45, 2.75) is 38.6 Å². The van der Waals surface area contributed by atoms with Crippen LogP contribution in [0.4, 0.5) is 36.6 Å². The van der Waals surface area contributed by atoms with Crippen LogP contribution in [0.15, 0.2) is 24.5 Å². The summed E-state index contributed by atoms with van der Waals surface area (Å²) in [6.45, 7) is 1.65. The lowest BCUT2D eigenvalue weighted by Gasteiger charge is -2.26. The summed E-state index contributed by atoms with van der Waals surface area (Å²) in [5.41, 5.74) is -1.25. The lowest BCUT2D eigenvalue weighted by molar-refractivity contribution is 0.262. The van der Waals surface area contributed by atoms with E-state index in [0.717, 1.165) is 31.4 Å². The molecule has 0 radical (unpaired) electrons. The standard InChI is InChI=1S/C18H22F2N6O3S/c1-2-8-30(28,29)26-13-7-6-12(19)17(16(13)20)25-18(27)24-15-9-14(21-10-22-15)23-11-4-3-5-11/h6-7,9-11,26H,2-5,8H2,1H3,(H3,21,22,23,24,25,27). The van der Waals surface area contributed by atoms with Gasteiger partial charge in [0.1, 0.15) is 29.5 Å². The molecule has 1 saturated carbocycles. The molecule has 162 valence electrons. The first-order valence-corrected chi connectivity index (χ1v) is 11.1. The summed E-state index contributed by atoms with van der Waals surface area (Å²) in [4.78, 5) is 20.2. The van der Waals surface area contributed by atoms with Gasteiger partial charge in [-0.3, -0.25) is 10.0 Å². The number of anilines is 4. The SMILES string of the molecule is CCCS(=O)(=O)Nc1ccc(F)c(NC(=O)Nc2cc(NC3CCC3)ncn2)c1F. The van der Waals surface area contributed by atoms with E-state index in [1.54, 1.807) is 6.92 Å². The third-order valence-corrected chi connectivity index (χ3v) is 5.91. The van der Waals surface area contributed by atoms with Gasteiger partial charge in [0, 0.05) is 12.1 Å². The Kier molecular flexibility index (Phi) is 6.65. The highest BCUT2D eigenvalue weighted by atomic mass is 32.2. The number of urea groups is 1. The molecule has 1 aromatic heterocycles. The second-order valence-corrected chi connectivity index (χ2v) is 8.69. The molecule has 0 saturated heterocycles. The van der Waals surface area contributed by atoms with Crippen LogP contribution in [0.5, 0.6) is 0 Å². The van der Waals surface area contributed by atoms with E-state index in [4.69, 9.17) is 0 Å². The van der Waals surface area contributed by atoms with Gasteiger partial charge in [-0.1, -0.05) is 6.92 Å². The van der Waals surface area contributed by atoms with Gasteiger partial charge >= 0.3 is 6.03 Å². The fourth-order valence-electron chi connectivity index (χ4n) is 2.76. The fourth-order valence-corrected chi connectivity index (χ4v) is 3.89. The van der Waals surface area contributed by atoms with Gasteiger partial charge in [0.25, 0.3) is 0 Å². The van der Waals surface area contributed by atoms with Crippen LogP contribution in [-0.4, -0.2) is 36.2 Å². The molecule has 1 heterocycles. The number of halogens is 2. The van der Waals surface area contributed by atoms with E-state index in [2.05, 4.69) is 25.9 Å². The monoisotopic (exact) mass is 440 g/mol. The van der Waals surface area contributed by atoms with Gasteiger partial charge in [0.15, 0.2) is 5.82 Å². The molecule has 9 nitrogen and oxygen atoms in total. The Labute approximate surface area is 172 Å². The molecule has 1 fully saturated rings. The quantitative estimate of drug-likeness (QED) is 0.498. The molecule has 12 heteroatoms. The molecule has 0 spiro atoms. The average Bonchev–Trinajstić information content (AvgIpc) is 2.64. The number of nitrogens with zero attached hydrogens (tertiary/aromatic N) is 2. The van der Waals surface area contributed by atoms with E-state index in [1.807, 2.05) is 4.72 Å². The van der Waals surface area contributed by atoms with E-state index >= 15 is 0 Å². The van der Waals surface area contributed by atoms with Crippen LogP contribution in [-0.2, 0) is 10.0 Å². The van der Waals surface area contributed by atoms with Crippen molar-refractivity contribution in [3.8, 4) is 0 Å². The van der Waals surface area contributed by atoms with Crippen LogP contribution < -0.4 is 20.7 Å².